The summed E-state index contributed by atoms with van der Waals surface area (Å²) in [5.41, 5.74) is 0.894. The van der Waals surface area contributed by atoms with Crippen molar-refractivity contribution in [1.82, 2.24) is 9.55 Å². The summed E-state index contributed by atoms with van der Waals surface area (Å²) in [7, 11) is -3.11. The van der Waals surface area contributed by atoms with Crippen molar-refractivity contribution in [3.05, 3.63) is 53.7 Å². The Kier molecular flexibility index (Phi) is 5.64. The molecule has 1 aliphatic carbocycles. The van der Waals surface area contributed by atoms with Crippen molar-refractivity contribution < 1.29 is 21.6 Å². The average molecular weight is 465 g/mol. The van der Waals surface area contributed by atoms with E-state index >= 15 is 0 Å². The van der Waals surface area contributed by atoms with E-state index in [0.29, 0.717) is 18.6 Å². The Hall–Kier alpha value is -2.35. The van der Waals surface area contributed by atoms with Crippen LogP contribution in [0.4, 0.5) is 13.2 Å². The minimum Gasteiger partial charge on any atom is -0.332 e. The van der Waals surface area contributed by atoms with Gasteiger partial charge in [0.2, 0.25) is 0 Å². The van der Waals surface area contributed by atoms with Crippen LogP contribution in [-0.2, 0) is 29.0 Å². The maximum absolute atomic E-state index is 13.5. The molecular formula is C24H27F3N2O2S. The third kappa shape index (κ3) is 4.85. The Bertz CT molecular complexity index is 1250. The largest absolute Gasteiger partial charge is 0.417 e. The quantitative estimate of drug-likeness (QED) is 0.457. The Morgan fingerprint density at radius 2 is 1.75 bits per heavy atom. The van der Waals surface area contributed by atoms with Gasteiger partial charge >= 0.3 is 6.18 Å². The number of alkyl halides is 3. The van der Waals surface area contributed by atoms with E-state index in [1.807, 2.05) is 10.8 Å². The zero-order valence-corrected chi connectivity index (χ0v) is 19.2. The number of pyridine rings is 1. The lowest BCUT2D eigenvalue weighted by molar-refractivity contribution is -0.137. The number of aromatic nitrogens is 2. The third-order valence-electron chi connectivity index (χ3n) is 5.65. The summed E-state index contributed by atoms with van der Waals surface area (Å²) >= 11 is 0. The van der Waals surface area contributed by atoms with E-state index in [1.165, 1.54) is 12.1 Å². The maximum Gasteiger partial charge on any atom is 0.417 e. The first-order valence-corrected chi connectivity index (χ1v) is 12.4. The van der Waals surface area contributed by atoms with Gasteiger partial charge in [0, 0.05) is 23.7 Å². The van der Waals surface area contributed by atoms with E-state index in [0.717, 1.165) is 29.9 Å². The van der Waals surface area contributed by atoms with Crippen LogP contribution in [0.25, 0.3) is 22.3 Å². The smallest absolute Gasteiger partial charge is 0.332 e. The number of nitrogens with zero attached hydrogens (tertiary/aromatic N) is 2. The molecular weight excluding hydrogens is 437 g/mol. The van der Waals surface area contributed by atoms with E-state index in [4.69, 9.17) is 0 Å². The lowest BCUT2D eigenvalue weighted by Gasteiger charge is -2.19. The van der Waals surface area contributed by atoms with Gasteiger partial charge in [0.25, 0.3) is 0 Å². The number of fused-ring (bicyclic) bond motifs is 1. The van der Waals surface area contributed by atoms with Gasteiger partial charge in [-0.05, 0) is 48.4 Å². The molecule has 0 atom stereocenters. The summed E-state index contributed by atoms with van der Waals surface area (Å²) in [6.07, 6.45) is -0.740. The van der Waals surface area contributed by atoms with Crippen molar-refractivity contribution in [3.63, 3.8) is 0 Å². The van der Waals surface area contributed by atoms with E-state index < -0.39 is 21.6 Å². The van der Waals surface area contributed by atoms with Crippen molar-refractivity contribution in [2.75, 3.05) is 5.75 Å². The van der Waals surface area contributed by atoms with Gasteiger partial charge in [0.1, 0.15) is 5.65 Å². The number of halogens is 3. The fourth-order valence-corrected chi connectivity index (χ4v) is 5.71. The number of aryl methyl sites for hydroxylation is 1. The summed E-state index contributed by atoms with van der Waals surface area (Å²) in [5.74, 6) is 0.0744. The molecule has 4 nitrogen and oxygen atoms in total. The molecule has 0 unspecified atom stereocenters. The summed E-state index contributed by atoms with van der Waals surface area (Å²) < 4.78 is 67.3. The monoisotopic (exact) mass is 464 g/mol. The Labute approximate surface area is 186 Å². The zero-order chi connectivity index (χ0) is 23.3. The highest BCUT2D eigenvalue weighted by Crippen LogP contribution is 2.37. The van der Waals surface area contributed by atoms with Gasteiger partial charge < -0.3 is 4.57 Å². The number of hydrogen-bond acceptors (Lipinski definition) is 3. The normalized spacial score (nSPS) is 15.4. The van der Waals surface area contributed by atoms with Gasteiger partial charge in [0.15, 0.2) is 9.84 Å². The molecule has 0 radical (unpaired) electrons. The highest BCUT2D eigenvalue weighted by atomic mass is 32.2. The first-order chi connectivity index (χ1) is 14.9. The minimum absolute atomic E-state index is 0.0308. The molecule has 0 bridgehead atoms. The van der Waals surface area contributed by atoms with Gasteiger partial charge in [-0.1, -0.05) is 39.0 Å². The van der Waals surface area contributed by atoms with Crippen LogP contribution in [0, 0.1) is 5.41 Å². The topological polar surface area (TPSA) is 52.0 Å². The molecule has 172 valence electrons. The summed E-state index contributed by atoms with van der Waals surface area (Å²) in [6, 6.07) is 8.78. The zero-order valence-electron chi connectivity index (χ0n) is 18.4. The lowest BCUT2D eigenvalue weighted by Crippen LogP contribution is -2.15. The second kappa shape index (κ2) is 7.90. The lowest BCUT2D eigenvalue weighted by atomic mass is 9.97. The van der Waals surface area contributed by atoms with Crippen LogP contribution in [0.5, 0.6) is 0 Å². The SMILES string of the molecule is CC(C)(C)Cn1cc(CCS(=O)(=O)C2CC2)c2ccc(-c3ccccc3C(F)(F)F)nc21. The minimum atomic E-state index is -4.48. The molecule has 4 rings (SSSR count). The number of sulfone groups is 1. The molecule has 1 fully saturated rings. The predicted molar refractivity (Wildman–Crippen MR) is 120 cm³/mol. The molecule has 2 heterocycles. The van der Waals surface area contributed by atoms with Crippen LogP contribution in [0.1, 0.15) is 44.7 Å². The van der Waals surface area contributed by atoms with E-state index in [9.17, 15) is 21.6 Å². The van der Waals surface area contributed by atoms with Crippen molar-refractivity contribution >= 4 is 20.9 Å². The molecule has 3 aromatic rings. The van der Waals surface area contributed by atoms with Crippen LogP contribution < -0.4 is 0 Å². The highest BCUT2D eigenvalue weighted by Gasteiger charge is 2.35. The van der Waals surface area contributed by atoms with E-state index in [1.54, 1.807) is 18.2 Å². The van der Waals surface area contributed by atoms with Gasteiger partial charge in [0.05, 0.1) is 22.3 Å². The second-order valence-corrected chi connectivity index (χ2v) is 12.2. The van der Waals surface area contributed by atoms with Crippen LogP contribution in [0.2, 0.25) is 0 Å². The van der Waals surface area contributed by atoms with Crippen molar-refractivity contribution in [3.8, 4) is 11.3 Å². The van der Waals surface area contributed by atoms with Crippen LogP contribution >= 0.6 is 0 Å². The number of hydrogen-bond donors (Lipinski definition) is 0. The van der Waals surface area contributed by atoms with Crippen LogP contribution in [0.15, 0.2) is 42.6 Å². The fraction of sp³-hybridized carbons (Fsp3) is 0.458. The van der Waals surface area contributed by atoms with Crippen molar-refractivity contribution in [1.29, 1.82) is 0 Å². The van der Waals surface area contributed by atoms with Gasteiger partial charge in [-0.15, -0.1) is 0 Å². The van der Waals surface area contributed by atoms with Crippen molar-refractivity contribution in [2.45, 2.75) is 58.0 Å². The predicted octanol–water partition coefficient (Wildman–Crippen LogP) is 5.89. The number of benzene rings is 1. The molecule has 1 aliphatic rings. The maximum atomic E-state index is 13.5. The standard InChI is InChI=1S/C24H27F3N2O2S/c1-23(2,3)15-29-14-16(12-13-32(30,31)17-8-9-17)18-10-11-21(28-22(18)29)19-6-4-5-7-20(19)24(25,26)27/h4-7,10-11,14,17H,8-9,12-13,15H2,1-3H3. The Balaban J connectivity index is 1.79. The molecule has 0 aliphatic heterocycles. The molecule has 0 amide bonds. The molecule has 32 heavy (non-hydrogen) atoms. The molecule has 0 saturated heterocycles. The molecule has 2 aromatic heterocycles. The van der Waals surface area contributed by atoms with Crippen LogP contribution in [0.3, 0.4) is 0 Å². The molecule has 1 saturated carbocycles. The third-order valence-corrected chi connectivity index (χ3v) is 7.91. The molecule has 0 N–H and O–H groups in total. The summed E-state index contributed by atoms with van der Waals surface area (Å²) in [4.78, 5) is 4.63. The van der Waals surface area contributed by atoms with E-state index in [2.05, 4.69) is 25.8 Å². The summed E-state index contributed by atoms with van der Waals surface area (Å²) in [5, 5.41) is 0.572. The average Bonchev–Trinajstić information content (AvgIpc) is 3.50. The summed E-state index contributed by atoms with van der Waals surface area (Å²) in [6.45, 7) is 6.81. The van der Waals surface area contributed by atoms with Gasteiger partial charge in [-0.3, -0.25) is 0 Å². The van der Waals surface area contributed by atoms with Gasteiger partial charge in [-0.2, -0.15) is 13.2 Å². The van der Waals surface area contributed by atoms with E-state index in [-0.39, 0.29) is 27.7 Å². The fourth-order valence-electron chi connectivity index (χ4n) is 4.02. The molecule has 0 spiro atoms. The Morgan fingerprint density at radius 3 is 2.38 bits per heavy atom. The highest BCUT2D eigenvalue weighted by molar-refractivity contribution is 7.92. The Morgan fingerprint density at radius 1 is 1.06 bits per heavy atom. The first kappa shape index (κ1) is 22.8. The first-order valence-electron chi connectivity index (χ1n) is 10.7. The molecule has 1 aromatic carbocycles. The molecule has 8 heteroatoms. The number of rotatable bonds is 6. The van der Waals surface area contributed by atoms with Gasteiger partial charge in [-0.25, -0.2) is 13.4 Å². The second-order valence-electron chi connectivity index (χ2n) is 9.77. The van der Waals surface area contributed by atoms with Crippen LogP contribution in [-0.4, -0.2) is 29.0 Å². The van der Waals surface area contributed by atoms with Crippen molar-refractivity contribution in [2.24, 2.45) is 5.41 Å².